The Labute approximate surface area is 147 Å². The summed E-state index contributed by atoms with van der Waals surface area (Å²) in [5, 5.41) is 19.1. The molecular formula is C17H15F2N5O2. The van der Waals surface area contributed by atoms with Crippen molar-refractivity contribution in [2.24, 2.45) is 5.16 Å². The zero-order valence-corrected chi connectivity index (χ0v) is 13.9. The number of amides is 1. The second kappa shape index (κ2) is 6.92. The van der Waals surface area contributed by atoms with Crippen molar-refractivity contribution < 1.29 is 18.4 Å². The molecule has 1 aromatic carbocycles. The first-order valence-electron chi connectivity index (χ1n) is 7.78. The van der Waals surface area contributed by atoms with E-state index in [0.717, 1.165) is 23.8 Å². The first-order valence-corrected chi connectivity index (χ1v) is 7.78. The topological polar surface area (TPSA) is 92.3 Å². The molecule has 0 radical (unpaired) electrons. The van der Waals surface area contributed by atoms with Crippen LogP contribution in [0.5, 0.6) is 0 Å². The highest BCUT2D eigenvalue weighted by Crippen LogP contribution is 2.27. The summed E-state index contributed by atoms with van der Waals surface area (Å²) in [5.41, 5.74) is -0.0240. The summed E-state index contributed by atoms with van der Waals surface area (Å²) >= 11 is 0. The van der Waals surface area contributed by atoms with E-state index >= 15 is 0 Å². The molecule has 0 fully saturated rings. The van der Waals surface area contributed by atoms with E-state index in [1.807, 2.05) is 6.07 Å². The predicted octanol–water partition coefficient (Wildman–Crippen LogP) is 1.88. The van der Waals surface area contributed by atoms with Gasteiger partial charge in [-0.05, 0) is 19.1 Å². The molecule has 1 unspecified atom stereocenters. The summed E-state index contributed by atoms with van der Waals surface area (Å²) in [6, 6.07) is 5.00. The van der Waals surface area contributed by atoms with Crippen molar-refractivity contribution in [1.82, 2.24) is 15.1 Å². The van der Waals surface area contributed by atoms with E-state index in [0.29, 0.717) is 5.71 Å². The van der Waals surface area contributed by atoms with Gasteiger partial charge in [-0.2, -0.15) is 10.4 Å². The predicted molar refractivity (Wildman–Crippen MR) is 86.7 cm³/mol. The van der Waals surface area contributed by atoms with Crippen LogP contribution in [0.25, 0.3) is 0 Å². The zero-order valence-electron chi connectivity index (χ0n) is 13.9. The summed E-state index contributed by atoms with van der Waals surface area (Å²) in [4.78, 5) is 17.7. The number of hydrogen-bond donors (Lipinski definition) is 1. The summed E-state index contributed by atoms with van der Waals surface area (Å²) in [6.45, 7) is 1.87. The van der Waals surface area contributed by atoms with Gasteiger partial charge >= 0.3 is 0 Å². The quantitative estimate of drug-likeness (QED) is 0.882. The fourth-order valence-electron chi connectivity index (χ4n) is 2.56. The Morgan fingerprint density at radius 1 is 1.42 bits per heavy atom. The molecule has 1 aliphatic rings. The Bertz CT molecular complexity index is 898. The molecule has 134 valence electrons. The Kier molecular flexibility index (Phi) is 4.67. The second-order valence-corrected chi connectivity index (χ2v) is 6.08. The molecule has 2 heterocycles. The summed E-state index contributed by atoms with van der Waals surface area (Å²) in [7, 11) is 0. The van der Waals surface area contributed by atoms with Crippen molar-refractivity contribution in [3.05, 3.63) is 53.4 Å². The van der Waals surface area contributed by atoms with Crippen LogP contribution in [0.2, 0.25) is 0 Å². The van der Waals surface area contributed by atoms with Crippen molar-refractivity contribution in [3.8, 4) is 6.07 Å². The number of rotatable bonds is 5. The van der Waals surface area contributed by atoms with Crippen LogP contribution in [0, 0.1) is 23.0 Å². The summed E-state index contributed by atoms with van der Waals surface area (Å²) < 4.78 is 28.2. The molecule has 2 aromatic rings. The van der Waals surface area contributed by atoms with Crippen LogP contribution in [0.15, 0.2) is 35.7 Å². The third-order valence-corrected chi connectivity index (χ3v) is 3.91. The average Bonchev–Trinajstić information content (AvgIpc) is 3.20. The second-order valence-electron chi connectivity index (χ2n) is 6.08. The molecule has 0 saturated heterocycles. The molecule has 1 amide bonds. The number of carbonyl (C=O) groups excluding carboxylic acids is 1. The molecule has 0 bridgehead atoms. The van der Waals surface area contributed by atoms with E-state index in [4.69, 9.17) is 10.1 Å². The lowest BCUT2D eigenvalue weighted by Gasteiger charge is -2.20. The normalized spacial score (nSPS) is 18.8. The highest BCUT2D eigenvalue weighted by molar-refractivity contribution is 6.05. The molecule has 1 aliphatic heterocycles. The van der Waals surface area contributed by atoms with Gasteiger partial charge < -0.3 is 10.2 Å². The van der Waals surface area contributed by atoms with Gasteiger partial charge in [-0.3, -0.25) is 9.48 Å². The van der Waals surface area contributed by atoms with E-state index < -0.39 is 23.1 Å². The highest BCUT2D eigenvalue weighted by atomic mass is 19.1. The Balaban J connectivity index is 1.62. The Hall–Kier alpha value is -3.28. The minimum Gasteiger partial charge on any atom is -0.379 e. The van der Waals surface area contributed by atoms with E-state index in [9.17, 15) is 13.6 Å². The van der Waals surface area contributed by atoms with Crippen molar-refractivity contribution >= 4 is 11.6 Å². The number of oxime groups is 1. The summed E-state index contributed by atoms with van der Waals surface area (Å²) in [6.07, 6.45) is 3.28. The van der Waals surface area contributed by atoms with Crippen LogP contribution >= 0.6 is 0 Å². The number of nitrogens with zero attached hydrogens (tertiary/aromatic N) is 4. The fourth-order valence-corrected chi connectivity index (χ4v) is 2.56. The minimum absolute atomic E-state index is 0.0788. The van der Waals surface area contributed by atoms with Crippen molar-refractivity contribution in [2.45, 2.75) is 32.0 Å². The molecule has 0 aliphatic carbocycles. The van der Waals surface area contributed by atoms with Crippen LogP contribution in [-0.4, -0.2) is 27.0 Å². The number of nitrogens with one attached hydrogen (secondary N) is 1. The third-order valence-electron chi connectivity index (χ3n) is 3.91. The van der Waals surface area contributed by atoms with Gasteiger partial charge in [-0.1, -0.05) is 5.16 Å². The van der Waals surface area contributed by atoms with Gasteiger partial charge in [0.15, 0.2) is 0 Å². The molecule has 26 heavy (non-hydrogen) atoms. The monoisotopic (exact) mass is 359 g/mol. The largest absolute Gasteiger partial charge is 0.379 e. The zero-order chi connectivity index (χ0) is 18.7. The third kappa shape index (κ3) is 3.69. The van der Waals surface area contributed by atoms with E-state index in [1.54, 1.807) is 19.3 Å². The van der Waals surface area contributed by atoms with Gasteiger partial charge in [0.1, 0.15) is 18.2 Å². The van der Waals surface area contributed by atoms with E-state index in [1.165, 1.54) is 4.68 Å². The van der Waals surface area contributed by atoms with E-state index in [-0.39, 0.29) is 25.1 Å². The van der Waals surface area contributed by atoms with Crippen LogP contribution < -0.4 is 5.32 Å². The molecule has 1 N–H and O–H groups in total. The fraction of sp³-hybridized carbons (Fsp3) is 0.294. The maximum absolute atomic E-state index is 13.4. The molecule has 0 saturated carbocycles. The van der Waals surface area contributed by atoms with Crippen LogP contribution in [0.1, 0.15) is 24.5 Å². The lowest BCUT2D eigenvalue weighted by molar-refractivity contribution is -0.141. The molecule has 0 spiro atoms. The maximum atomic E-state index is 13.4. The van der Waals surface area contributed by atoms with Gasteiger partial charge in [0.05, 0.1) is 18.0 Å². The molecular weight excluding hydrogens is 344 g/mol. The number of nitriles is 1. The first kappa shape index (κ1) is 17.5. The number of aromatic nitrogens is 2. The average molecular weight is 359 g/mol. The van der Waals surface area contributed by atoms with Gasteiger partial charge in [-0.25, -0.2) is 8.78 Å². The summed E-state index contributed by atoms with van der Waals surface area (Å²) in [5.74, 6) is -1.87. The standard InChI is InChI=1S/C17H15F2N5O2/c1-17(16(25)21-8-11-9-22-24(10-11)3-2-20)7-15(23-26-17)12-4-13(18)6-14(19)5-12/h4-6,9-10H,3,7-8H2,1H3,(H,21,25). The van der Waals surface area contributed by atoms with Crippen LogP contribution in [0.3, 0.4) is 0 Å². The molecule has 3 rings (SSSR count). The first-order chi connectivity index (χ1) is 12.4. The Morgan fingerprint density at radius 3 is 2.85 bits per heavy atom. The number of benzene rings is 1. The van der Waals surface area contributed by atoms with Crippen LogP contribution in [-0.2, 0) is 22.7 Å². The van der Waals surface area contributed by atoms with Crippen molar-refractivity contribution in [3.63, 3.8) is 0 Å². The molecule has 1 atom stereocenters. The molecule has 7 nitrogen and oxygen atoms in total. The number of halogens is 2. The Morgan fingerprint density at radius 2 is 2.15 bits per heavy atom. The SMILES string of the molecule is CC1(C(=O)NCc2cnn(CC#N)c2)CC(c2cc(F)cc(F)c2)=NO1. The molecule has 9 heteroatoms. The minimum atomic E-state index is -1.28. The van der Waals surface area contributed by atoms with Crippen molar-refractivity contribution in [1.29, 1.82) is 5.26 Å². The number of carbonyl (C=O) groups is 1. The van der Waals surface area contributed by atoms with Gasteiger partial charge in [-0.15, -0.1) is 0 Å². The highest BCUT2D eigenvalue weighted by Gasteiger charge is 2.42. The van der Waals surface area contributed by atoms with Crippen molar-refractivity contribution in [2.75, 3.05) is 0 Å². The van der Waals surface area contributed by atoms with Gasteiger partial charge in [0.25, 0.3) is 5.91 Å². The number of hydrogen-bond acceptors (Lipinski definition) is 5. The molecule has 1 aromatic heterocycles. The van der Waals surface area contributed by atoms with Gasteiger partial charge in [0, 0.05) is 36.4 Å². The van der Waals surface area contributed by atoms with Crippen LogP contribution in [0.4, 0.5) is 8.78 Å². The lowest BCUT2D eigenvalue weighted by atomic mass is 9.95. The maximum Gasteiger partial charge on any atom is 0.267 e. The van der Waals surface area contributed by atoms with E-state index in [2.05, 4.69) is 15.6 Å². The van der Waals surface area contributed by atoms with Gasteiger partial charge in [0.2, 0.25) is 5.60 Å². The lowest BCUT2D eigenvalue weighted by Crippen LogP contribution is -2.44. The smallest absolute Gasteiger partial charge is 0.267 e.